The molecule has 6 heteroatoms. The van der Waals surface area contributed by atoms with E-state index >= 15 is 0 Å². The number of piperidine rings is 1. The molecule has 1 amide bonds. The van der Waals surface area contributed by atoms with Gasteiger partial charge in [0.25, 0.3) is 0 Å². The maximum Gasteiger partial charge on any atom is 0.228 e. The highest BCUT2D eigenvalue weighted by Crippen LogP contribution is 2.18. The average Bonchev–Trinajstić information content (AvgIpc) is 2.66. The number of aromatic nitrogens is 1. The number of hydrogen-bond donors (Lipinski definition) is 1. The number of amides is 1. The summed E-state index contributed by atoms with van der Waals surface area (Å²) >= 11 is 0. The Balaban J connectivity index is 1.49. The molecular weight excluding hydrogens is 330 g/mol. The first-order chi connectivity index (χ1) is 12.6. The molecule has 2 aromatic rings. The minimum absolute atomic E-state index is 0.0825. The molecule has 1 fully saturated rings. The number of anilines is 1. The van der Waals surface area contributed by atoms with Crippen LogP contribution in [-0.2, 0) is 11.2 Å². The fraction of sp³-hybridized carbons (Fsp3) is 0.400. The van der Waals surface area contributed by atoms with Gasteiger partial charge in [-0.15, -0.1) is 0 Å². The molecule has 1 aromatic heterocycles. The van der Waals surface area contributed by atoms with E-state index in [0.29, 0.717) is 18.0 Å². The molecular formula is C20H25N3O3. The number of ether oxygens (including phenoxy) is 2. The molecule has 0 spiro atoms. The quantitative estimate of drug-likeness (QED) is 0.863. The monoisotopic (exact) mass is 355 g/mol. The van der Waals surface area contributed by atoms with Crippen molar-refractivity contribution in [1.82, 2.24) is 9.88 Å². The Bertz CT molecular complexity index is 708. The van der Waals surface area contributed by atoms with E-state index in [1.165, 1.54) is 0 Å². The van der Waals surface area contributed by atoms with Gasteiger partial charge in [-0.05, 0) is 43.7 Å². The van der Waals surface area contributed by atoms with Gasteiger partial charge >= 0.3 is 0 Å². The van der Waals surface area contributed by atoms with Gasteiger partial charge in [-0.25, -0.2) is 4.98 Å². The summed E-state index contributed by atoms with van der Waals surface area (Å²) in [6.45, 7) is 2.09. The highest BCUT2D eigenvalue weighted by molar-refractivity contribution is 5.92. The number of carbonyl (C=O) groups excluding carboxylic acids is 1. The average molecular weight is 355 g/mol. The van der Waals surface area contributed by atoms with Gasteiger partial charge in [-0.3, -0.25) is 4.79 Å². The van der Waals surface area contributed by atoms with Crippen LogP contribution in [0.15, 0.2) is 42.6 Å². The van der Waals surface area contributed by atoms with Crippen LogP contribution >= 0.6 is 0 Å². The van der Waals surface area contributed by atoms with Crippen molar-refractivity contribution in [3.05, 3.63) is 48.2 Å². The number of carbonyl (C=O) groups is 1. The Kier molecular flexibility index (Phi) is 6.07. The molecule has 1 aliphatic heterocycles. The van der Waals surface area contributed by atoms with E-state index in [9.17, 15) is 4.79 Å². The van der Waals surface area contributed by atoms with E-state index in [2.05, 4.69) is 22.2 Å². The van der Waals surface area contributed by atoms with Crippen molar-refractivity contribution in [2.75, 3.05) is 32.6 Å². The van der Waals surface area contributed by atoms with Gasteiger partial charge in [-0.1, -0.05) is 12.1 Å². The Morgan fingerprint density at radius 2 is 1.92 bits per heavy atom. The molecule has 1 aliphatic rings. The van der Waals surface area contributed by atoms with E-state index in [1.54, 1.807) is 19.4 Å². The van der Waals surface area contributed by atoms with Gasteiger partial charge in [0, 0.05) is 19.2 Å². The predicted molar refractivity (Wildman–Crippen MR) is 101 cm³/mol. The summed E-state index contributed by atoms with van der Waals surface area (Å²) in [5.74, 6) is 1.30. The number of pyridine rings is 1. The molecule has 6 nitrogen and oxygen atoms in total. The second-order valence-electron chi connectivity index (χ2n) is 6.58. The Morgan fingerprint density at radius 3 is 2.54 bits per heavy atom. The molecule has 0 atom stereocenters. The molecule has 0 saturated carbocycles. The smallest absolute Gasteiger partial charge is 0.228 e. The molecule has 0 radical (unpaired) electrons. The lowest BCUT2D eigenvalue weighted by Crippen LogP contribution is -2.35. The second-order valence-corrected chi connectivity index (χ2v) is 6.58. The predicted octanol–water partition coefficient (Wildman–Crippen LogP) is 2.74. The standard InChI is InChI=1S/C20H25N3O3/c1-23-11-9-18(10-12-23)26-20-8-5-16(14-21-20)22-19(24)13-15-3-6-17(25-2)7-4-15/h3-8,14,18H,9-13H2,1-2H3,(H,22,24). The molecule has 1 N–H and O–H groups in total. The first-order valence-corrected chi connectivity index (χ1v) is 8.86. The molecule has 1 aromatic carbocycles. The third kappa shape index (κ3) is 5.20. The van der Waals surface area contributed by atoms with Crippen molar-refractivity contribution in [2.24, 2.45) is 0 Å². The van der Waals surface area contributed by atoms with E-state index in [-0.39, 0.29) is 12.0 Å². The maximum absolute atomic E-state index is 12.2. The lowest BCUT2D eigenvalue weighted by atomic mass is 10.1. The fourth-order valence-electron chi connectivity index (χ4n) is 2.93. The summed E-state index contributed by atoms with van der Waals surface area (Å²) < 4.78 is 11.0. The summed E-state index contributed by atoms with van der Waals surface area (Å²) in [6, 6.07) is 11.1. The van der Waals surface area contributed by atoms with Crippen molar-refractivity contribution in [3.8, 4) is 11.6 Å². The van der Waals surface area contributed by atoms with Crippen LogP contribution in [0.1, 0.15) is 18.4 Å². The van der Waals surface area contributed by atoms with Crippen LogP contribution in [0.3, 0.4) is 0 Å². The molecule has 26 heavy (non-hydrogen) atoms. The van der Waals surface area contributed by atoms with E-state index < -0.39 is 0 Å². The summed E-state index contributed by atoms with van der Waals surface area (Å²) in [7, 11) is 3.74. The Morgan fingerprint density at radius 1 is 1.19 bits per heavy atom. The molecule has 2 heterocycles. The van der Waals surface area contributed by atoms with Crippen molar-refractivity contribution in [2.45, 2.75) is 25.4 Å². The van der Waals surface area contributed by atoms with Crippen molar-refractivity contribution < 1.29 is 14.3 Å². The first-order valence-electron chi connectivity index (χ1n) is 8.86. The number of benzene rings is 1. The van der Waals surface area contributed by atoms with Gasteiger partial charge in [-0.2, -0.15) is 0 Å². The molecule has 3 rings (SSSR count). The van der Waals surface area contributed by atoms with Crippen LogP contribution < -0.4 is 14.8 Å². The van der Waals surface area contributed by atoms with Crippen LogP contribution in [0.4, 0.5) is 5.69 Å². The second kappa shape index (κ2) is 8.67. The van der Waals surface area contributed by atoms with Gasteiger partial charge in [0.15, 0.2) is 0 Å². The summed E-state index contributed by atoms with van der Waals surface area (Å²) in [5.41, 5.74) is 1.60. The number of nitrogens with one attached hydrogen (secondary N) is 1. The van der Waals surface area contributed by atoms with Gasteiger partial charge in [0.2, 0.25) is 11.8 Å². The molecule has 138 valence electrons. The number of hydrogen-bond acceptors (Lipinski definition) is 5. The summed E-state index contributed by atoms with van der Waals surface area (Å²) in [4.78, 5) is 18.8. The topological polar surface area (TPSA) is 63.7 Å². The lowest BCUT2D eigenvalue weighted by molar-refractivity contribution is -0.115. The Labute approximate surface area is 154 Å². The van der Waals surface area contributed by atoms with Crippen LogP contribution in [0.5, 0.6) is 11.6 Å². The van der Waals surface area contributed by atoms with Crippen LogP contribution in [-0.4, -0.2) is 49.1 Å². The van der Waals surface area contributed by atoms with Crippen molar-refractivity contribution >= 4 is 11.6 Å². The number of rotatable bonds is 6. The van der Waals surface area contributed by atoms with E-state index in [0.717, 1.165) is 37.2 Å². The SMILES string of the molecule is COc1ccc(CC(=O)Nc2ccc(OC3CCN(C)CC3)nc2)cc1. The number of likely N-dealkylation sites (tertiary alicyclic amines) is 1. The maximum atomic E-state index is 12.2. The zero-order valence-corrected chi connectivity index (χ0v) is 15.3. The highest BCUT2D eigenvalue weighted by Gasteiger charge is 2.18. The third-order valence-electron chi connectivity index (χ3n) is 4.50. The summed E-state index contributed by atoms with van der Waals surface area (Å²) in [5, 5.41) is 2.86. The van der Waals surface area contributed by atoms with E-state index in [4.69, 9.17) is 9.47 Å². The fourth-order valence-corrected chi connectivity index (χ4v) is 2.93. The normalized spacial score (nSPS) is 15.5. The van der Waals surface area contributed by atoms with Gasteiger partial charge < -0.3 is 19.7 Å². The third-order valence-corrected chi connectivity index (χ3v) is 4.50. The minimum Gasteiger partial charge on any atom is -0.497 e. The summed E-state index contributed by atoms with van der Waals surface area (Å²) in [6.07, 6.45) is 4.18. The molecule has 0 aliphatic carbocycles. The van der Waals surface area contributed by atoms with Gasteiger partial charge in [0.05, 0.1) is 25.4 Å². The van der Waals surface area contributed by atoms with E-state index in [1.807, 2.05) is 30.3 Å². The molecule has 0 bridgehead atoms. The zero-order chi connectivity index (χ0) is 18.4. The number of nitrogens with zero attached hydrogens (tertiary/aromatic N) is 2. The molecule has 0 unspecified atom stereocenters. The number of methoxy groups -OCH3 is 1. The molecule has 1 saturated heterocycles. The van der Waals surface area contributed by atoms with Crippen molar-refractivity contribution in [3.63, 3.8) is 0 Å². The van der Waals surface area contributed by atoms with Crippen molar-refractivity contribution in [1.29, 1.82) is 0 Å². The lowest BCUT2D eigenvalue weighted by Gasteiger charge is -2.28. The largest absolute Gasteiger partial charge is 0.497 e. The first kappa shape index (κ1) is 18.2. The Hall–Kier alpha value is -2.60. The zero-order valence-electron chi connectivity index (χ0n) is 15.3. The highest BCUT2D eigenvalue weighted by atomic mass is 16.5. The van der Waals surface area contributed by atoms with Crippen LogP contribution in [0.25, 0.3) is 0 Å². The van der Waals surface area contributed by atoms with Crippen LogP contribution in [0.2, 0.25) is 0 Å². The van der Waals surface area contributed by atoms with Crippen LogP contribution in [0, 0.1) is 0 Å². The minimum atomic E-state index is -0.0825. The van der Waals surface area contributed by atoms with Gasteiger partial charge in [0.1, 0.15) is 11.9 Å².